The van der Waals surface area contributed by atoms with Crippen molar-refractivity contribution in [2.45, 2.75) is 5.78 Å². The lowest BCUT2D eigenvalue weighted by Crippen LogP contribution is -2.13. The summed E-state index contributed by atoms with van der Waals surface area (Å²) in [5.74, 6) is 0.131. The highest BCUT2D eigenvalue weighted by Gasteiger charge is 2.35. The maximum Gasteiger partial charge on any atom is 0.356 e. The monoisotopic (exact) mass is 337 g/mol. The summed E-state index contributed by atoms with van der Waals surface area (Å²) in [6.07, 6.45) is 0. The van der Waals surface area contributed by atoms with Crippen LogP contribution in [0.25, 0.3) is 0 Å². The van der Waals surface area contributed by atoms with E-state index in [0.29, 0.717) is 5.56 Å². The van der Waals surface area contributed by atoms with Crippen molar-refractivity contribution in [3.8, 4) is 11.5 Å². The van der Waals surface area contributed by atoms with Crippen molar-refractivity contribution in [3.63, 3.8) is 0 Å². The van der Waals surface area contributed by atoms with Gasteiger partial charge in [-0.2, -0.15) is 0 Å². The van der Waals surface area contributed by atoms with Crippen LogP contribution in [0.15, 0.2) is 48.5 Å². The lowest BCUT2D eigenvalue weighted by Gasteiger charge is -2.26. The number of phenols is 1. The van der Waals surface area contributed by atoms with Crippen molar-refractivity contribution in [2.75, 3.05) is 26.6 Å². The summed E-state index contributed by atoms with van der Waals surface area (Å²) in [4.78, 5) is 0. The third kappa shape index (κ3) is 4.05. The van der Waals surface area contributed by atoms with Crippen molar-refractivity contribution in [2.24, 2.45) is 0 Å². The number of benzene rings is 2. The Morgan fingerprint density at radius 2 is 1.52 bits per heavy atom. The molecule has 0 spiro atoms. The molecule has 0 amide bonds. The van der Waals surface area contributed by atoms with E-state index in [1.165, 1.54) is 26.4 Å². The van der Waals surface area contributed by atoms with Crippen LogP contribution in [0.4, 0.5) is 5.69 Å². The number of hydrogen-bond acceptors (Lipinski definition) is 6. The molecule has 124 valence electrons. The van der Waals surface area contributed by atoms with Gasteiger partial charge in [-0.05, 0) is 42.0 Å². The molecular formula is C16H20NO5P. The van der Waals surface area contributed by atoms with Gasteiger partial charge in [0.1, 0.15) is 11.5 Å². The molecule has 23 heavy (non-hydrogen) atoms. The molecule has 0 fully saturated rings. The second-order valence-corrected chi connectivity index (χ2v) is 7.10. The fourth-order valence-electron chi connectivity index (χ4n) is 2.13. The Balaban J connectivity index is 2.36. The van der Waals surface area contributed by atoms with Gasteiger partial charge in [0.25, 0.3) is 0 Å². The van der Waals surface area contributed by atoms with Gasteiger partial charge >= 0.3 is 7.60 Å². The van der Waals surface area contributed by atoms with Gasteiger partial charge in [-0.3, -0.25) is 4.57 Å². The van der Waals surface area contributed by atoms with Crippen LogP contribution in [0.2, 0.25) is 0 Å². The third-order valence-electron chi connectivity index (χ3n) is 3.43. The van der Waals surface area contributed by atoms with Crippen LogP contribution < -0.4 is 10.1 Å². The second-order valence-electron chi connectivity index (χ2n) is 4.77. The van der Waals surface area contributed by atoms with Gasteiger partial charge in [-0.1, -0.05) is 12.1 Å². The number of ether oxygens (including phenoxy) is 1. The highest BCUT2D eigenvalue weighted by Crippen LogP contribution is 2.59. The van der Waals surface area contributed by atoms with Gasteiger partial charge in [0.05, 0.1) is 7.11 Å². The summed E-state index contributed by atoms with van der Waals surface area (Å²) in [5, 5.41) is 12.6. The number of anilines is 1. The minimum absolute atomic E-state index is 0.126. The summed E-state index contributed by atoms with van der Waals surface area (Å²) in [5.41, 5.74) is 1.41. The number of rotatable bonds is 7. The van der Waals surface area contributed by atoms with E-state index in [9.17, 15) is 9.67 Å². The van der Waals surface area contributed by atoms with E-state index in [4.69, 9.17) is 13.8 Å². The fourth-order valence-corrected chi connectivity index (χ4v) is 3.55. The standard InChI is InChI=1S/C16H20NO5P/c1-20-15-10-6-13(7-11-15)17-16(23(19,21-2)22-3)12-4-8-14(18)9-5-12/h4-11,16-18H,1-3H3. The predicted octanol–water partition coefficient (Wildman–Crippen LogP) is 4.00. The average molecular weight is 337 g/mol. The number of hydrogen-bond donors (Lipinski definition) is 2. The molecule has 2 aromatic carbocycles. The molecule has 0 aromatic heterocycles. The maximum atomic E-state index is 12.9. The summed E-state index contributed by atoms with van der Waals surface area (Å²) in [6.45, 7) is 0. The Morgan fingerprint density at radius 1 is 0.957 bits per heavy atom. The lowest BCUT2D eigenvalue weighted by atomic mass is 10.2. The lowest BCUT2D eigenvalue weighted by molar-refractivity contribution is 0.268. The third-order valence-corrected chi connectivity index (χ3v) is 5.51. The molecule has 0 bridgehead atoms. The molecular weight excluding hydrogens is 317 g/mol. The topological polar surface area (TPSA) is 77.0 Å². The zero-order valence-corrected chi connectivity index (χ0v) is 14.1. The molecule has 2 rings (SSSR count). The average Bonchev–Trinajstić information content (AvgIpc) is 2.60. The molecule has 0 aliphatic carbocycles. The van der Waals surface area contributed by atoms with Gasteiger partial charge in [-0.25, -0.2) is 0 Å². The fraction of sp³-hybridized carbons (Fsp3) is 0.250. The molecule has 0 aliphatic heterocycles. The molecule has 6 nitrogen and oxygen atoms in total. The van der Waals surface area contributed by atoms with Crippen LogP contribution in [-0.4, -0.2) is 26.4 Å². The van der Waals surface area contributed by atoms with Crippen molar-refractivity contribution in [3.05, 3.63) is 54.1 Å². The van der Waals surface area contributed by atoms with E-state index in [1.807, 2.05) is 12.1 Å². The van der Waals surface area contributed by atoms with E-state index in [2.05, 4.69) is 5.32 Å². The SMILES string of the molecule is COc1ccc(NC(c2ccc(O)cc2)P(=O)(OC)OC)cc1. The van der Waals surface area contributed by atoms with Gasteiger partial charge in [0.15, 0.2) is 5.78 Å². The predicted molar refractivity (Wildman–Crippen MR) is 89.1 cm³/mol. The van der Waals surface area contributed by atoms with Crippen molar-refractivity contribution < 1.29 is 23.5 Å². The van der Waals surface area contributed by atoms with E-state index in [0.717, 1.165) is 11.4 Å². The number of methoxy groups -OCH3 is 1. The van der Waals surface area contributed by atoms with Gasteiger partial charge in [0.2, 0.25) is 0 Å². The Labute approximate surface area is 135 Å². The highest BCUT2D eigenvalue weighted by molar-refractivity contribution is 7.54. The van der Waals surface area contributed by atoms with Crippen LogP contribution in [0.5, 0.6) is 11.5 Å². The molecule has 0 radical (unpaired) electrons. The second kappa shape index (κ2) is 7.51. The minimum Gasteiger partial charge on any atom is -0.508 e. The number of phenolic OH excluding ortho intramolecular Hbond substituents is 1. The Hall–Kier alpha value is -2.01. The Bertz CT molecular complexity index is 664. The smallest absolute Gasteiger partial charge is 0.356 e. The molecule has 2 aromatic rings. The highest BCUT2D eigenvalue weighted by atomic mass is 31.2. The zero-order valence-electron chi connectivity index (χ0n) is 13.2. The van der Waals surface area contributed by atoms with Crippen LogP contribution in [-0.2, 0) is 13.6 Å². The van der Waals surface area contributed by atoms with E-state index in [1.54, 1.807) is 31.4 Å². The van der Waals surface area contributed by atoms with Gasteiger partial charge in [0, 0.05) is 19.9 Å². The maximum absolute atomic E-state index is 12.9. The van der Waals surface area contributed by atoms with Crippen molar-refractivity contribution >= 4 is 13.3 Å². The molecule has 0 saturated carbocycles. The van der Waals surface area contributed by atoms with Crippen molar-refractivity contribution in [1.82, 2.24) is 0 Å². The minimum atomic E-state index is -3.44. The van der Waals surface area contributed by atoms with Crippen LogP contribution in [0, 0.1) is 0 Å². The van der Waals surface area contributed by atoms with Gasteiger partial charge < -0.3 is 24.2 Å². The molecule has 0 aliphatic rings. The first-order valence-electron chi connectivity index (χ1n) is 6.93. The Kier molecular flexibility index (Phi) is 5.66. The van der Waals surface area contributed by atoms with Crippen LogP contribution >= 0.6 is 7.60 Å². The summed E-state index contributed by atoms with van der Waals surface area (Å²) in [6, 6.07) is 13.6. The molecule has 7 heteroatoms. The summed E-state index contributed by atoms with van der Waals surface area (Å²) in [7, 11) is 0.834. The molecule has 2 N–H and O–H groups in total. The van der Waals surface area contributed by atoms with E-state index < -0.39 is 13.4 Å². The first-order chi connectivity index (χ1) is 11.0. The molecule has 0 saturated heterocycles. The van der Waals surface area contributed by atoms with Crippen molar-refractivity contribution in [1.29, 1.82) is 0 Å². The number of aromatic hydroxyl groups is 1. The Morgan fingerprint density at radius 3 is 2.00 bits per heavy atom. The normalized spacial score (nSPS) is 12.7. The van der Waals surface area contributed by atoms with Gasteiger partial charge in [-0.15, -0.1) is 0 Å². The van der Waals surface area contributed by atoms with E-state index in [-0.39, 0.29) is 5.75 Å². The van der Waals surface area contributed by atoms with Crippen LogP contribution in [0.1, 0.15) is 11.3 Å². The quantitative estimate of drug-likeness (QED) is 0.744. The summed E-state index contributed by atoms with van der Waals surface area (Å²) < 4.78 is 28.3. The number of nitrogens with one attached hydrogen (secondary N) is 1. The van der Waals surface area contributed by atoms with Crippen LogP contribution in [0.3, 0.4) is 0 Å². The largest absolute Gasteiger partial charge is 0.508 e. The first-order valence-corrected chi connectivity index (χ1v) is 8.54. The molecule has 0 heterocycles. The first kappa shape index (κ1) is 17.3. The molecule has 1 unspecified atom stereocenters. The zero-order chi connectivity index (χ0) is 16.9. The molecule has 1 atom stereocenters. The summed E-state index contributed by atoms with van der Waals surface area (Å²) >= 11 is 0. The van der Waals surface area contributed by atoms with E-state index >= 15 is 0 Å².